The van der Waals surface area contributed by atoms with Crippen LogP contribution in [0.15, 0.2) is 30.4 Å². The lowest BCUT2D eigenvalue weighted by Crippen LogP contribution is -2.35. The maximum Gasteiger partial charge on any atom is 0.328 e. The number of carbonyl (C=O) groups is 2. The van der Waals surface area contributed by atoms with Crippen molar-refractivity contribution >= 4 is 35.2 Å². The molecule has 0 saturated carbocycles. The quantitative estimate of drug-likeness (QED) is 0.501. The van der Waals surface area contributed by atoms with Crippen LogP contribution in [0.25, 0.3) is 11.0 Å². The monoisotopic (exact) mass is 335 g/mol. The predicted octanol–water partition coefficient (Wildman–Crippen LogP) is 1.55. The number of aromatic nitrogens is 2. The number of imidazole rings is 1. The number of nitrogens with one attached hydrogen (secondary N) is 2. The molecule has 0 amide bonds. The van der Waals surface area contributed by atoms with Gasteiger partial charge in [-0.3, -0.25) is 0 Å². The average Bonchev–Trinajstić information content (AvgIpc) is 2.84. The van der Waals surface area contributed by atoms with E-state index in [-0.39, 0.29) is 0 Å². The van der Waals surface area contributed by atoms with Gasteiger partial charge in [0.15, 0.2) is 4.77 Å². The number of aliphatic carboxylic acids is 2. The molecule has 0 fully saturated rings. The van der Waals surface area contributed by atoms with Gasteiger partial charge >= 0.3 is 11.9 Å². The normalized spacial score (nSPS) is 16.1. The molecule has 4 N–H and O–H groups in total. The Bertz CT molecular complexity index is 806. The first-order chi connectivity index (χ1) is 10.9. The maximum absolute atomic E-state index is 9.55. The highest BCUT2D eigenvalue weighted by Gasteiger charge is 2.20. The summed E-state index contributed by atoms with van der Waals surface area (Å²) in [5.41, 5.74) is 3.83. The van der Waals surface area contributed by atoms with Crippen molar-refractivity contribution in [3.63, 3.8) is 0 Å². The van der Waals surface area contributed by atoms with Gasteiger partial charge in [-0.05, 0) is 37.3 Å². The Kier molecular flexibility index (Phi) is 5.30. The van der Waals surface area contributed by atoms with E-state index in [4.69, 9.17) is 22.4 Å². The highest BCUT2D eigenvalue weighted by molar-refractivity contribution is 7.71. The summed E-state index contributed by atoms with van der Waals surface area (Å²) in [5.74, 6) is -2.51. The Morgan fingerprint density at radius 2 is 2.00 bits per heavy atom. The smallest absolute Gasteiger partial charge is 0.328 e. The van der Waals surface area contributed by atoms with Gasteiger partial charge in [0.05, 0.1) is 11.0 Å². The number of likely N-dealkylation sites (N-methyl/N-ethyl adjacent to an activating group) is 1. The van der Waals surface area contributed by atoms with Crippen LogP contribution in [0.4, 0.5) is 0 Å². The molecular weight excluding hydrogens is 318 g/mol. The van der Waals surface area contributed by atoms with E-state index >= 15 is 0 Å². The summed E-state index contributed by atoms with van der Waals surface area (Å²) in [6.45, 7) is 0.965. The first kappa shape index (κ1) is 16.9. The summed E-state index contributed by atoms with van der Waals surface area (Å²) in [7, 11) is 2.01. The molecule has 1 aromatic carbocycles. The van der Waals surface area contributed by atoms with Crippen LogP contribution in [0.3, 0.4) is 0 Å². The summed E-state index contributed by atoms with van der Waals surface area (Å²) in [5, 5.41) is 18.9. The average molecular weight is 335 g/mol. The number of nitrogens with zero attached hydrogens (tertiary/aromatic N) is 1. The van der Waals surface area contributed by atoms with Crippen molar-refractivity contribution < 1.29 is 19.8 Å². The van der Waals surface area contributed by atoms with Gasteiger partial charge in [0, 0.05) is 24.7 Å². The topological polar surface area (TPSA) is 107 Å². The van der Waals surface area contributed by atoms with Crippen LogP contribution in [-0.4, -0.2) is 44.8 Å². The Hall–Kier alpha value is -2.45. The summed E-state index contributed by atoms with van der Waals surface area (Å²) in [6, 6.07) is 6.85. The Balaban J connectivity index is 0.000000207. The molecule has 122 valence electrons. The van der Waals surface area contributed by atoms with Crippen LogP contribution in [0, 0.1) is 4.77 Å². The number of hydrogen-bond acceptors (Lipinski definition) is 4. The van der Waals surface area contributed by atoms with Gasteiger partial charge in [-0.25, -0.2) is 9.59 Å². The van der Waals surface area contributed by atoms with E-state index in [1.807, 2.05) is 7.05 Å². The summed E-state index contributed by atoms with van der Waals surface area (Å²) >= 11 is 5.33. The number of rotatable bonds is 3. The zero-order chi connectivity index (χ0) is 17.0. The largest absolute Gasteiger partial charge is 0.478 e. The molecule has 1 aromatic heterocycles. The third-order valence-electron chi connectivity index (χ3n) is 3.52. The molecule has 0 spiro atoms. The van der Waals surface area contributed by atoms with Gasteiger partial charge in [0.1, 0.15) is 0 Å². The van der Waals surface area contributed by atoms with Crippen LogP contribution < -0.4 is 5.32 Å². The lowest BCUT2D eigenvalue weighted by atomic mass is 10.0. The molecule has 2 aromatic rings. The van der Waals surface area contributed by atoms with Gasteiger partial charge in [0.2, 0.25) is 0 Å². The third kappa shape index (κ3) is 4.05. The third-order valence-corrected chi connectivity index (χ3v) is 3.84. The molecular formula is C15H17N3O4S. The van der Waals surface area contributed by atoms with Crippen LogP contribution in [0.2, 0.25) is 0 Å². The van der Waals surface area contributed by atoms with Gasteiger partial charge < -0.3 is 25.1 Å². The van der Waals surface area contributed by atoms with Gasteiger partial charge in [-0.2, -0.15) is 0 Å². The Morgan fingerprint density at radius 1 is 1.35 bits per heavy atom. The predicted molar refractivity (Wildman–Crippen MR) is 88.1 cm³/mol. The molecule has 1 aliphatic heterocycles. The molecule has 0 radical (unpaired) electrons. The van der Waals surface area contributed by atoms with Crippen LogP contribution >= 0.6 is 12.2 Å². The van der Waals surface area contributed by atoms with Crippen molar-refractivity contribution in [3.05, 3.63) is 40.7 Å². The fraction of sp³-hybridized carbons (Fsp3) is 0.267. The second kappa shape index (κ2) is 7.21. The Morgan fingerprint density at radius 3 is 2.57 bits per heavy atom. The lowest BCUT2D eigenvalue weighted by molar-refractivity contribution is -0.134. The minimum absolute atomic E-state index is 0.491. The highest BCUT2D eigenvalue weighted by atomic mass is 32.1. The van der Waals surface area contributed by atoms with Crippen LogP contribution in [0.1, 0.15) is 5.56 Å². The molecule has 7 nitrogen and oxygen atoms in total. The van der Waals surface area contributed by atoms with Crippen molar-refractivity contribution in [3.8, 4) is 0 Å². The SMILES string of the molecule is CN[C@@H]1Cc2cccc3[nH]c(=S)n(c23)C1.O=C(O)/C=C/C(=O)O. The lowest BCUT2D eigenvalue weighted by Gasteiger charge is -2.23. The molecule has 23 heavy (non-hydrogen) atoms. The fourth-order valence-electron chi connectivity index (χ4n) is 2.52. The van der Waals surface area contributed by atoms with E-state index in [0.29, 0.717) is 18.2 Å². The van der Waals surface area contributed by atoms with Crippen molar-refractivity contribution in [2.45, 2.75) is 19.0 Å². The van der Waals surface area contributed by atoms with Crippen molar-refractivity contribution in [2.75, 3.05) is 7.05 Å². The minimum atomic E-state index is -1.26. The number of benzene rings is 1. The molecule has 1 atom stereocenters. The van der Waals surface area contributed by atoms with E-state index in [1.165, 1.54) is 11.1 Å². The van der Waals surface area contributed by atoms with Crippen molar-refractivity contribution in [1.29, 1.82) is 0 Å². The zero-order valence-corrected chi connectivity index (χ0v) is 13.3. The second-order valence-corrected chi connectivity index (χ2v) is 5.44. The molecule has 2 heterocycles. The number of aromatic amines is 1. The van der Waals surface area contributed by atoms with E-state index in [9.17, 15) is 9.59 Å². The van der Waals surface area contributed by atoms with Crippen LogP contribution in [-0.2, 0) is 22.6 Å². The Labute approximate surface area is 137 Å². The van der Waals surface area contributed by atoms with Gasteiger partial charge in [-0.15, -0.1) is 0 Å². The molecule has 0 bridgehead atoms. The van der Waals surface area contributed by atoms with E-state index < -0.39 is 11.9 Å². The van der Waals surface area contributed by atoms with E-state index in [0.717, 1.165) is 23.3 Å². The van der Waals surface area contributed by atoms with Crippen molar-refractivity contribution in [1.82, 2.24) is 14.9 Å². The molecule has 8 heteroatoms. The van der Waals surface area contributed by atoms with Gasteiger partial charge in [0.25, 0.3) is 0 Å². The summed E-state index contributed by atoms with van der Waals surface area (Å²) in [6.07, 6.45) is 2.20. The molecule has 0 aliphatic carbocycles. The summed E-state index contributed by atoms with van der Waals surface area (Å²) < 4.78 is 3.03. The van der Waals surface area contributed by atoms with Crippen molar-refractivity contribution in [2.24, 2.45) is 0 Å². The first-order valence-corrected chi connectivity index (χ1v) is 7.34. The standard InChI is InChI=1S/C11H13N3S.C4H4O4/c1-12-8-5-7-3-2-4-9-10(7)14(6-8)11(15)13-9;5-3(6)1-2-4(7)8/h2-4,8,12H,5-6H2,1H3,(H,13,15);1-2H,(H,5,6)(H,7,8)/b;2-1+/t8-;/m1./s1. The number of H-pyrrole nitrogens is 1. The molecule has 0 saturated heterocycles. The number of hydrogen-bond donors (Lipinski definition) is 4. The first-order valence-electron chi connectivity index (χ1n) is 6.94. The molecule has 0 unspecified atom stereocenters. The number of para-hydroxylation sites is 1. The maximum atomic E-state index is 9.55. The molecule has 3 rings (SSSR count). The van der Waals surface area contributed by atoms with E-state index in [1.54, 1.807) is 0 Å². The highest BCUT2D eigenvalue weighted by Crippen LogP contribution is 2.24. The van der Waals surface area contributed by atoms with Crippen LogP contribution in [0.5, 0.6) is 0 Å². The fourth-order valence-corrected chi connectivity index (χ4v) is 2.80. The summed E-state index contributed by atoms with van der Waals surface area (Å²) in [4.78, 5) is 22.4. The second-order valence-electron chi connectivity index (χ2n) is 5.05. The number of carboxylic acid groups (broad SMARTS) is 2. The molecule has 1 aliphatic rings. The number of carboxylic acids is 2. The van der Waals surface area contributed by atoms with E-state index in [2.05, 4.69) is 33.1 Å². The minimum Gasteiger partial charge on any atom is -0.478 e. The van der Waals surface area contributed by atoms with Gasteiger partial charge in [-0.1, -0.05) is 12.1 Å². The zero-order valence-electron chi connectivity index (χ0n) is 12.4.